The summed E-state index contributed by atoms with van der Waals surface area (Å²) in [6.07, 6.45) is -0.0420. The van der Waals surface area contributed by atoms with Gasteiger partial charge in [0.05, 0.1) is 13.5 Å². The zero-order chi connectivity index (χ0) is 10.6. The Morgan fingerprint density at radius 2 is 2.43 bits per heavy atom. The molecule has 1 rings (SSSR count). The van der Waals surface area contributed by atoms with E-state index < -0.39 is 12.1 Å². The van der Waals surface area contributed by atoms with E-state index in [1.54, 1.807) is 12.1 Å². The molecule has 1 aromatic heterocycles. The van der Waals surface area contributed by atoms with Gasteiger partial charge < -0.3 is 14.9 Å². The number of pyridine rings is 1. The lowest BCUT2D eigenvalue weighted by Crippen LogP contribution is -2.08. The zero-order valence-corrected chi connectivity index (χ0v) is 7.67. The molecular weight excluding hydrogens is 186 g/mol. The monoisotopic (exact) mass is 197 g/mol. The van der Waals surface area contributed by atoms with Gasteiger partial charge in [-0.1, -0.05) is 0 Å². The second-order valence-corrected chi connectivity index (χ2v) is 2.70. The van der Waals surface area contributed by atoms with Crippen molar-refractivity contribution in [2.24, 2.45) is 0 Å². The molecule has 5 heteroatoms. The zero-order valence-electron chi connectivity index (χ0n) is 7.67. The van der Waals surface area contributed by atoms with Crippen molar-refractivity contribution in [1.29, 1.82) is 0 Å². The molecule has 0 aromatic carbocycles. The Labute approximate surface area is 81.0 Å². The Hall–Kier alpha value is -1.62. The van der Waals surface area contributed by atoms with E-state index in [1.807, 2.05) is 0 Å². The third-order valence-corrected chi connectivity index (χ3v) is 1.70. The van der Waals surface area contributed by atoms with Gasteiger partial charge >= 0.3 is 5.97 Å². The number of nitrogens with zero attached hydrogens (tertiary/aromatic N) is 1. The predicted octanol–water partition coefficient (Wildman–Crippen LogP) is 0.598. The normalized spacial score (nSPS) is 12.1. The van der Waals surface area contributed by atoms with Gasteiger partial charge in [0.1, 0.15) is 17.5 Å². The number of methoxy groups -OCH3 is 1. The average Bonchev–Trinajstić information content (AvgIpc) is 2.16. The van der Waals surface area contributed by atoms with E-state index in [4.69, 9.17) is 9.84 Å². The number of aromatic nitrogens is 1. The van der Waals surface area contributed by atoms with Crippen molar-refractivity contribution < 1.29 is 19.7 Å². The van der Waals surface area contributed by atoms with Gasteiger partial charge in [-0.25, -0.2) is 0 Å². The van der Waals surface area contributed by atoms with Gasteiger partial charge in [0, 0.05) is 6.20 Å². The second-order valence-electron chi connectivity index (χ2n) is 2.70. The number of aliphatic hydroxyl groups excluding tert-OH is 1. The summed E-state index contributed by atoms with van der Waals surface area (Å²) < 4.78 is 4.93. The first-order valence-electron chi connectivity index (χ1n) is 4.04. The van der Waals surface area contributed by atoms with E-state index >= 15 is 0 Å². The number of carboxylic acids is 1. The predicted molar refractivity (Wildman–Crippen MR) is 48.0 cm³/mol. The van der Waals surface area contributed by atoms with Gasteiger partial charge in [0.15, 0.2) is 0 Å². The molecular formula is C9H11NO4. The average molecular weight is 197 g/mol. The Morgan fingerprint density at radius 3 is 3.00 bits per heavy atom. The fourth-order valence-electron chi connectivity index (χ4n) is 1.09. The highest BCUT2D eigenvalue weighted by atomic mass is 16.5. The lowest BCUT2D eigenvalue weighted by atomic mass is 10.1. The van der Waals surface area contributed by atoms with Crippen LogP contribution in [-0.4, -0.2) is 28.3 Å². The highest BCUT2D eigenvalue weighted by Gasteiger charge is 2.17. The first-order valence-corrected chi connectivity index (χ1v) is 4.04. The number of aliphatic carboxylic acids is 1. The summed E-state index contributed by atoms with van der Waals surface area (Å²) in [6.45, 7) is 0. The maximum atomic E-state index is 10.4. The molecule has 1 aromatic rings. The fraction of sp³-hybridized carbons (Fsp3) is 0.333. The largest absolute Gasteiger partial charge is 0.495 e. The Morgan fingerprint density at radius 1 is 1.71 bits per heavy atom. The summed E-state index contributed by atoms with van der Waals surface area (Å²) in [7, 11) is 1.44. The molecule has 0 fully saturated rings. The van der Waals surface area contributed by atoms with E-state index in [9.17, 15) is 9.90 Å². The molecule has 0 unspecified atom stereocenters. The molecule has 0 bridgehead atoms. The van der Waals surface area contributed by atoms with Gasteiger partial charge in [0.25, 0.3) is 0 Å². The number of aliphatic hydroxyl groups is 1. The highest BCUT2D eigenvalue weighted by Crippen LogP contribution is 2.23. The minimum atomic E-state index is -1.14. The first kappa shape index (κ1) is 10.5. The Bertz CT molecular complexity index is 326. The molecule has 0 radical (unpaired) electrons. The standard InChI is InChI=1S/C9H11NO4/c1-14-7-3-2-4-10-9(7)6(11)5-8(12)13/h2-4,6,11H,5H2,1H3,(H,12,13)/t6-/m0/s1. The van der Waals surface area contributed by atoms with E-state index in [0.29, 0.717) is 5.75 Å². The molecule has 0 spiro atoms. The number of hydrogen-bond donors (Lipinski definition) is 2. The van der Waals surface area contributed by atoms with Crippen LogP contribution in [0.3, 0.4) is 0 Å². The van der Waals surface area contributed by atoms with Gasteiger partial charge in [-0.15, -0.1) is 0 Å². The maximum absolute atomic E-state index is 10.4. The summed E-state index contributed by atoms with van der Waals surface area (Å²) in [6, 6.07) is 3.27. The van der Waals surface area contributed by atoms with Crippen molar-refractivity contribution in [3.8, 4) is 5.75 Å². The molecule has 14 heavy (non-hydrogen) atoms. The van der Waals surface area contributed by atoms with Crippen molar-refractivity contribution in [1.82, 2.24) is 4.98 Å². The van der Waals surface area contributed by atoms with E-state index in [-0.39, 0.29) is 12.1 Å². The number of carbonyl (C=O) groups is 1. The summed E-state index contributed by atoms with van der Waals surface area (Å²) in [5, 5.41) is 18.0. The summed E-state index contributed by atoms with van der Waals surface area (Å²) in [5.41, 5.74) is 0.248. The molecule has 0 amide bonds. The number of carboxylic acid groups (broad SMARTS) is 1. The lowest BCUT2D eigenvalue weighted by Gasteiger charge is -2.10. The van der Waals surface area contributed by atoms with Crippen molar-refractivity contribution >= 4 is 5.97 Å². The summed E-state index contributed by atoms with van der Waals surface area (Å²) >= 11 is 0. The smallest absolute Gasteiger partial charge is 0.306 e. The van der Waals surface area contributed by atoms with Crippen LogP contribution in [0.1, 0.15) is 18.2 Å². The number of hydrogen-bond acceptors (Lipinski definition) is 4. The van der Waals surface area contributed by atoms with Crippen LogP contribution in [0.2, 0.25) is 0 Å². The van der Waals surface area contributed by atoms with Crippen LogP contribution >= 0.6 is 0 Å². The molecule has 0 saturated heterocycles. The van der Waals surface area contributed by atoms with Crippen LogP contribution < -0.4 is 4.74 Å². The van der Waals surface area contributed by atoms with Crippen LogP contribution in [0.5, 0.6) is 5.75 Å². The third kappa shape index (κ3) is 2.43. The molecule has 1 heterocycles. The third-order valence-electron chi connectivity index (χ3n) is 1.70. The van der Waals surface area contributed by atoms with Gasteiger partial charge in [-0.2, -0.15) is 0 Å². The van der Waals surface area contributed by atoms with Gasteiger partial charge in [0.2, 0.25) is 0 Å². The molecule has 5 nitrogen and oxygen atoms in total. The van der Waals surface area contributed by atoms with Crippen LogP contribution in [0.25, 0.3) is 0 Å². The maximum Gasteiger partial charge on any atom is 0.306 e. The van der Waals surface area contributed by atoms with Gasteiger partial charge in [-0.05, 0) is 12.1 Å². The Kier molecular flexibility index (Phi) is 3.41. The van der Waals surface area contributed by atoms with Crippen molar-refractivity contribution in [2.75, 3.05) is 7.11 Å². The molecule has 0 aliphatic heterocycles. The van der Waals surface area contributed by atoms with E-state index in [2.05, 4.69) is 4.98 Å². The minimum Gasteiger partial charge on any atom is -0.495 e. The van der Waals surface area contributed by atoms with E-state index in [1.165, 1.54) is 13.3 Å². The Balaban J connectivity index is 2.87. The fourth-order valence-corrected chi connectivity index (χ4v) is 1.09. The molecule has 2 N–H and O–H groups in total. The topological polar surface area (TPSA) is 79.7 Å². The summed E-state index contributed by atoms with van der Waals surface area (Å²) in [4.78, 5) is 14.2. The second kappa shape index (κ2) is 4.57. The molecule has 0 saturated carbocycles. The molecule has 0 aliphatic carbocycles. The first-order chi connectivity index (χ1) is 6.65. The van der Waals surface area contributed by atoms with E-state index in [0.717, 1.165) is 0 Å². The highest BCUT2D eigenvalue weighted by molar-refractivity contribution is 5.67. The molecule has 1 atom stereocenters. The quantitative estimate of drug-likeness (QED) is 0.738. The van der Waals surface area contributed by atoms with Crippen LogP contribution in [0.4, 0.5) is 0 Å². The van der Waals surface area contributed by atoms with Crippen molar-refractivity contribution in [3.63, 3.8) is 0 Å². The number of rotatable bonds is 4. The molecule has 0 aliphatic rings. The van der Waals surface area contributed by atoms with Crippen LogP contribution in [0, 0.1) is 0 Å². The van der Waals surface area contributed by atoms with Crippen molar-refractivity contribution in [2.45, 2.75) is 12.5 Å². The minimum absolute atomic E-state index is 0.248. The SMILES string of the molecule is COc1cccnc1[C@@H](O)CC(=O)O. The molecule has 76 valence electrons. The summed E-state index contributed by atoms with van der Waals surface area (Å²) in [5.74, 6) is -0.688. The van der Waals surface area contributed by atoms with Gasteiger partial charge in [-0.3, -0.25) is 9.78 Å². The van der Waals surface area contributed by atoms with Crippen molar-refractivity contribution in [3.05, 3.63) is 24.0 Å². The van der Waals surface area contributed by atoms with Crippen LogP contribution in [-0.2, 0) is 4.79 Å². The van der Waals surface area contributed by atoms with Crippen LogP contribution in [0.15, 0.2) is 18.3 Å². The lowest BCUT2D eigenvalue weighted by molar-refractivity contribution is -0.139. The number of ether oxygens (including phenoxy) is 1.